The molecule has 0 amide bonds. The highest BCUT2D eigenvalue weighted by molar-refractivity contribution is 5.87. The summed E-state index contributed by atoms with van der Waals surface area (Å²) < 4.78 is 19.1. The largest absolute Gasteiger partial charge is 0.439 e. The standard InChI is InChI=1S/C24H15FN4O2/c25-16-7-5-13(6-8-16)14-9-15(12-28-11-14)20-18(10-26)23(27)31-22-17-3-1-2-4-19(17)29-24(30)21(20)22/h1-9,11-12,20H,27H2,(H,29,30)/t20-/m1/s1. The zero-order valence-electron chi connectivity index (χ0n) is 16.1. The number of para-hydroxylation sites is 1. The minimum atomic E-state index is -0.755. The fourth-order valence-corrected chi connectivity index (χ4v) is 3.92. The first kappa shape index (κ1) is 18.6. The van der Waals surface area contributed by atoms with Crippen LogP contribution in [-0.4, -0.2) is 9.97 Å². The molecule has 3 heterocycles. The number of ether oxygens (including phenoxy) is 1. The van der Waals surface area contributed by atoms with E-state index in [1.165, 1.54) is 12.1 Å². The second kappa shape index (κ2) is 7.11. The maximum atomic E-state index is 13.3. The summed E-state index contributed by atoms with van der Waals surface area (Å²) in [5, 5.41) is 10.5. The van der Waals surface area contributed by atoms with Crippen molar-refractivity contribution in [2.24, 2.45) is 5.73 Å². The zero-order valence-corrected chi connectivity index (χ0v) is 16.1. The molecular formula is C24H15FN4O2. The Morgan fingerprint density at radius 3 is 2.65 bits per heavy atom. The lowest BCUT2D eigenvalue weighted by Gasteiger charge is -2.26. The van der Waals surface area contributed by atoms with Crippen molar-refractivity contribution in [3.63, 3.8) is 0 Å². The van der Waals surface area contributed by atoms with Gasteiger partial charge in [0.1, 0.15) is 23.2 Å². The summed E-state index contributed by atoms with van der Waals surface area (Å²) in [5.41, 5.74) is 8.84. The number of nitrogens with zero attached hydrogens (tertiary/aromatic N) is 2. The summed E-state index contributed by atoms with van der Waals surface area (Å²) in [7, 11) is 0. The number of aromatic nitrogens is 2. The highest BCUT2D eigenvalue weighted by atomic mass is 19.1. The average molecular weight is 410 g/mol. The molecule has 31 heavy (non-hydrogen) atoms. The summed E-state index contributed by atoms with van der Waals surface area (Å²) >= 11 is 0. The average Bonchev–Trinajstić information content (AvgIpc) is 2.79. The van der Waals surface area contributed by atoms with E-state index >= 15 is 0 Å². The molecule has 0 bridgehead atoms. The molecule has 6 nitrogen and oxygen atoms in total. The summed E-state index contributed by atoms with van der Waals surface area (Å²) in [5.74, 6) is -0.821. The lowest BCUT2D eigenvalue weighted by atomic mass is 9.83. The predicted molar refractivity (Wildman–Crippen MR) is 113 cm³/mol. The predicted octanol–water partition coefficient (Wildman–Crippen LogP) is 3.95. The summed E-state index contributed by atoms with van der Waals surface area (Å²) in [6.45, 7) is 0. The Labute approximate surface area is 176 Å². The van der Waals surface area contributed by atoms with E-state index in [1.807, 2.05) is 18.2 Å². The van der Waals surface area contributed by atoms with Crippen LogP contribution in [0.3, 0.4) is 0 Å². The van der Waals surface area contributed by atoms with Crippen molar-refractivity contribution in [2.45, 2.75) is 5.92 Å². The van der Waals surface area contributed by atoms with Crippen LogP contribution >= 0.6 is 0 Å². The number of nitrogens with two attached hydrogens (primary N) is 1. The number of hydrogen-bond donors (Lipinski definition) is 2. The number of nitriles is 1. The Kier molecular flexibility index (Phi) is 4.26. The summed E-state index contributed by atoms with van der Waals surface area (Å²) in [6.07, 6.45) is 3.23. The minimum absolute atomic E-state index is 0.0528. The fraction of sp³-hybridized carbons (Fsp3) is 0.0417. The number of aromatic amines is 1. The van der Waals surface area contributed by atoms with Crippen molar-refractivity contribution >= 4 is 10.9 Å². The third kappa shape index (κ3) is 3.02. The van der Waals surface area contributed by atoms with Crippen LogP contribution in [0.5, 0.6) is 5.75 Å². The van der Waals surface area contributed by atoms with Crippen molar-refractivity contribution in [1.29, 1.82) is 5.26 Å². The lowest BCUT2D eigenvalue weighted by molar-refractivity contribution is 0.397. The second-order valence-electron chi connectivity index (χ2n) is 7.18. The molecule has 0 fully saturated rings. The number of pyridine rings is 2. The van der Waals surface area contributed by atoms with Gasteiger partial charge in [-0.25, -0.2) is 4.39 Å². The number of nitrogens with one attached hydrogen (secondary N) is 1. The van der Waals surface area contributed by atoms with Gasteiger partial charge in [-0.05, 0) is 41.5 Å². The van der Waals surface area contributed by atoms with Crippen LogP contribution in [0.25, 0.3) is 22.0 Å². The minimum Gasteiger partial charge on any atom is -0.439 e. The van der Waals surface area contributed by atoms with Crippen molar-refractivity contribution in [3.05, 3.63) is 106 Å². The van der Waals surface area contributed by atoms with E-state index in [0.717, 1.165) is 11.1 Å². The molecule has 2 aromatic heterocycles. The molecule has 0 saturated carbocycles. The van der Waals surface area contributed by atoms with Crippen molar-refractivity contribution < 1.29 is 9.13 Å². The molecule has 0 radical (unpaired) electrons. The Hall–Kier alpha value is -4.44. The van der Waals surface area contributed by atoms with Gasteiger partial charge in [-0.2, -0.15) is 5.26 Å². The van der Waals surface area contributed by atoms with E-state index < -0.39 is 5.92 Å². The van der Waals surface area contributed by atoms with E-state index in [0.29, 0.717) is 27.8 Å². The number of benzene rings is 2. The van der Waals surface area contributed by atoms with Gasteiger partial charge in [-0.3, -0.25) is 9.78 Å². The highest BCUT2D eigenvalue weighted by Gasteiger charge is 2.34. The SMILES string of the molecule is N#CC1=C(N)Oc2c(c(=O)[nH]c3ccccc23)[C@@H]1c1cncc(-c2ccc(F)cc2)c1. The van der Waals surface area contributed by atoms with Crippen LogP contribution in [0.4, 0.5) is 4.39 Å². The number of H-pyrrole nitrogens is 1. The Morgan fingerprint density at radius 2 is 1.87 bits per heavy atom. The fourth-order valence-electron chi connectivity index (χ4n) is 3.92. The first-order valence-electron chi connectivity index (χ1n) is 9.50. The van der Waals surface area contributed by atoms with Gasteiger partial charge in [0.2, 0.25) is 5.88 Å². The van der Waals surface area contributed by atoms with Crippen LogP contribution in [0, 0.1) is 17.1 Å². The summed E-state index contributed by atoms with van der Waals surface area (Å²) in [4.78, 5) is 20.2. The first-order chi connectivity index (χ1) is 15.1. The third-order valence-corrected chi connectivity index (χ3v) is 5.35. The Bertz CT molecular complexity index is 1470. The maximum absolute atomic E-state index is 13.3. The van der Waals surface area contributed by atoms with Crippen molar-refractivity contribution in [1.82, 2.24) is 9.97 Å². The van der Waals surface area contributed by atoms with Gasteiger partial charge in [-0.1, -0.05) is 24.3 Å². The van der Waals surface area contributed by atoms with E-state index in [9.17, 15) is 14.4 Å². The van der Waals surface area contributed by atoms with Gasteiger partial charge in [0.05, 0.1) is 17.0 Å². The molecule has 3 N–H and O–H groups in total. The van der Waals surface area contributed by atoms with E-state index in [4.69, 9.17) is 10.5 Å². The molecule has 7 heteroatoms. The highest BCUT2D eigenvalue weighted by Crippen LogP contribution is 2.43. The van der Waals surface area contributed by atoms with Crippen LogP contribution < -0.4 is 16.0 Å². The molecule has 1 aliphatic heterocycles. The van der Waals surface area contributed by atoms with Crippen LogP contribution in [-0.2, 0) is 0 Å². The molecular weight excluding hydrogens is 395 g/mol. The molecule has 0 unspecified atom stereocenters. The van der Waals surface area contributed by atoms with Crippen molar-refractivity contribution in [2.75, 3.05) is 0 Å². The molecule has 0 saturated heterocycles. The quantitative estimate of drug-likeness (QED) is 0.521. The number of rotatable bonds is 2. The molecule has 5 rings (SSSR count). The number of hydrogen-bond acceptors (Lipinski definition) is 5. The number of fused-ring (bicyclic) bond motifs is 3. The second-order valence-corrected chi connectivity index (χ2v) is 7.18. The Morgan fingerprint density at radius 1 is 1.10 bits per heavy atom. The maximum Gasteiger partial charge on any atom is 0.256 e. The van der Waals surface area contributed by atoms with Crippen LogP contribution in [0.1, 0.15) is 17.0 Å². The van der Waals surface area contributed by atoms with Gasteiger partial charge in [0.15, 0.2) is 0 Å². The molecule has 1 aliphatic rings. The smallest absolute Gasteiger partial charge is 0.256 e. The van der Waals surface area contributed by atoms with Gasteiger partial charge in [0, 0.05) is 23.3 Å². The molecule has 150 valence electrons. The molecule has 0 aliphatic carbocycles. The number of allylic oxidation sites excluding steroid dienone is 1. The summed E-state index contributed by atoms with van der Waals surface area (Å²) in [6, 6.07) is 17.1. The topological polar surface area (TPSA) is 105 Å². The van der Waals surface area contributed by atoms with Gasteiger partial charge < -0.3 is 15.5 Å². The molecule has 2 aromatic carbocycles. The van der Waals surface area contributed by atoms with E-state index in [-0.39, 0.29) is 22.8 Å². The number of halogens is 1. The van der Waals surface area contributed by atoms with Gasteiger partial charge in [-0.15, -0.1) is 0 Å². The zero-order chi connectivity index (χ0) is 21.5. The van der Waals surface area contributed by atoms with Crippen molar-refractivity contribution in [3.8, 4) is 22.9 Å². The molecule has 1 atom stereocenters. The first-order valence-corrected chi connectivity index (χ1v) is 9.50. The molecule has 0 spiro atoms. The van der Waals surface area contributed by atoms with Crippen LogP contribution in [0.2, 0.25) is 0 Å². The van der Waals surface area contributed by atoms with E-state index in [2.05, 4.69) is 16.0 Å². The molecule has 4 aromatic rings. The third-order valence-electron chi connectivity index (χ3n) is 5.35. The normalized spacial score (nSPS) is 15.3. The monoisotopic (exact) mass is 410 g/mol. The Balaban J connectivity index is 1.75. The lowest BCUT2D eigenvalue weighted by Crippen LogP contribution is -2.28. The van der Waals surface area contributed by atoms with Gasteiger partial charge >= 0.3 is 0 Å². The van der Waals surface area contributed by atoms with E-state index in [1.54, 1.807) is 36.7 Å². The van der Waals surface area contributed by atoms with Gasteiger partial charge in [0.25, 0.3) is 5.56 Å². The van der Waals surface area contributed by atoms with Crippen LogP contribution in [0.15, 0.2) is 83.2 Å².